The average Bonchev–Trinajstić information content (AvgIpc) is 2.96. The van der Waals surface area contributed by atoms with Gasteiger partial charge in [-0.25, -0.2) is 4.98 Å². The second-order valence-corrected chi connectivity index (χ2v) is 5.43. The number of benzene rings is 1. The van der Waals surface area contributed by atoms with Gasteiger partial charge in [-0.1, -0.05) is 24.2 Å². The van der Waals surface area contributed by atoms with Crippen LogP contribution in [-0.4, -0.2) is 42.2 Å². The molecule has 0 saturated carbocycles. The van der Waals surface area contributed by atoms with E-state index in [4.69, 9.17) is 4.74 Å². The zero-order valence-corrected chi connectivity index (χ0v) is 13.8. The summed E-state index contributed by atoms with van der Waals surface area (Å²) < 4.78 is 6.56. The van der Waals surface area contributed by atoms with Gasteiger partial charge in [0.05, 0.1) is 19.3 Å². The number of aromatic hydroxyl groups is 3. The molecule has 0 unspecified atom stereocenters. The maximum atomic E-state index is 10.1. The number of pyridine rings is 1. The lowest BCUT2D eigenvalue weighted by atomic mass is 10.2. The van der Waals surface area contributed by atoms with Crippen molar-refractivity contribution in [3.05, 3.63) is 41.6 Å². The number of aromatic nitrogens is 4. The average molecular weight is 342 g/mol. The van der Waals surface area contributed by atoms with Crippen LogP contribution in [0, 0.1) is 0 Å². The molecule has 3 aromatic rings. The van der Waals surface area contributed by atoms with Crippen molar-refractivity contribution in [2.45, 2.75) is 19.9 Å². The molecule has 8 nitrogen and oxygen atoms in total. The first-order valence-corrected chi connectivity index (χ1v) is 7.70. The van der Waals surface area contributed by atoms with Crippen LogP contribution in [0.25, 0.3) is 11.5 Å². The van der Waals surface area contributed by atoms with E-state index < -0.39 is 0 Å². The molecule has 130 valence electrons. The van der Waals surface area contributed by atoms with Gasteiger partial charge in [-0.2, -0.15) is 0 Å². The van der Waals surface area contributed by atoms with Gasteiger partial charge in [-0.15, -0.1) is 5.10 Å². The Labute approximate surface area is 144 Å². The number of nitrogens with zero attached hydrogens (tertiary/aromatic N) is 4. The molecule has 3 N–H and O–H groups in total. The van der Waals surface area contributed by atoms with Crippen molar-refractivity contribution in [2.75, 3.05) is 7.11 Å². The maximum absolute atomic E-state index is 10.1. The predicted molar refractivity (Wildman–Crippen MR) is 89.7 cm³/mol. The molecule has 2 heterocycles. The minimum absolute atomic E-state index is 0.0887. The molecule has 0 aliphatic carbocycles. The van der Waals surface area contributed by atoms with E-state index in [2.05, 4.69) is 15.2 Å². The van der Waals surface area contributed by atoms with Crippen LogP contribution >= 0.6 is 0 Å². The highest BCUT2D eigenvalue weighted by molar-refractivity contribution is 5.61. The largest absolute Gasteiger partial charge is 0.506 e. The van der Waals surface area contributed by atoms with E-state index in [1.54, 1.807) is 7.11 Å². The molecule has 3 rings (SSSR count). The SMILES string of the molecule is CCc1nc(-c2nnc(O)n2Cc2ccc(OC)cc2)c(O)cc1O. The number of ether oxygens (including phenoxy) is 1. The summed E-state index contributed by atoms with van der Waals surface area (Å²) >= 11 is 0. The first-order chi connectivity index (χ1) is 12.0. The van der Waals surface area contributed by atoms with E-state index >= 15 is 0 Å². The molecule has 0 radical (unpaired) electrons. The van der Waals surface area contributed by atoms with Gasteiger partial charge < -0.3 is 20.1 Å². The lowest BCUT2D eigenvalue weighted by Crippen LogP contribution is -2.04. The highest BCUT2D eigenvalue weighted by atomic mass is 16.5. The number of hydrogen-bond acceptors (Lipinski definition) is 7. The van der Waals surface area contributed by atoms with Gasteiger partial charge in [-0.05, 0) is 24.1 Å². The first kappa shape index (κ1) is 16.6. The Morgan fingerprint density at radius 2 is 1.76 bits per heavy atom. The van der Waals surface area contributed by atoms with Crippen LogP contribution in [0.5, 0.6) is 23.3 Å². The molecule has 8 heteroatoms. The Morgan fingerprint density at radius 1 is 1.04 bits per heavy atom. The third-order valence-electron chi connectivity index (χ3n) is 3.84. The van der Waals surface area contributed by atoms with E-state index in [0.29, 0.717) is 12.1 Å². The van der Waals surface area contributed by atoms with Gasteiger partial charge in [0.2, 0.25) is 0 Å². The molecule has 0 aliphatic heterocycles. The fourth-order valence-corrected chi connectivity index (χ4v) is 2.48. The van der Waals surface area contributed by atoms with Crippen molar-refractivity contribution < 1.29 is 20.1 Å². The fraction of sp³-hybridized carbons (Fsp3) is 0.235. The van der Waals surface area contributed by atoms with Crippen LogP contribution in [0.15, 0.2) is 30.3 Å². The summed E-state index contributed by atoms with van der Waals surface area (Å²) in [5, 5.41) is 37.5. The normalized spacial score (nSPS) is 10.8. The zero-order valence-electron chi connectivity index (χ0n) is 13.8. The molecular weight excluding hydrogens is 324 g/mol. The van der Waals surface area contributed by atoms with Crippen molar-refractivity contribution in [1.82, 2.24) is 19.7 Å². The fourth-order valence-electron chi connectivity index (χ4n) is 2.48. The quantitative estimate of drug-likeness (QED) is 0.650. The van der Waals surface area contributed by atoms with Crippen LogP contribution in [0.2, 0.25) is 0 Å². The molecule has 0 bridgehead atoms. The van der Waals surface area contributed by atoms with Crippen LogP contribution < -0.4 is 4.74 Å². The Kier molecular flexibility index (Phi) is 4.42. The van der Waals surface area contributed by atoms with Crippen molar-refractivity contribution in [2.24, 2.45) is 0 Å². The van der Waals surface area contributed by atoms with Crippen LogP contribution in [-0.2, 0) is 13.0 Å². The smallest absolute Gasteiger partial charge is 0.315 e. The summed E-state index contributed by atoms with van der Waals surface area (Å²) in [4.78, 5) is 4.25. The topological polar surface area (TPSA) is 114 Å². The molecule has 0 aliphatic rings. The van der Waals surface area contributed by atoms with E-state index in [0.717, 1.165) is 11.3 Å². The van der Waals surface area contributed by atoms with Crippen LogP contribution in [0.1, 0.15) is 18.2 Å². The van der Waals surface area contributed by atoms with Gasteiger partial charge in [0.25, 0.3) is 0 Å². The molecule has 0 fully saturated rings. The number of aryl methyl sites for hydroxylation is 1. The molecule has 1 aromatic carbocycles. The Hall–Kier alpha value is -3.29. The predicted octanol–water partition coefficient (Wildman–Crippen LogP) is 2.08. The van der Waals surface area contributed by atoms with Gasteiger partial charge in [0.1, 0.15) is 17.2 Å². The number of methoxy groups -OCH3 is 1. The summed E-state index contributed by atoms with van der Waals surface area (Å²) in [5.41, 5.74) is 1.45. The minimum atomic E-state index is -0.293. The monoisotopic (exact) mass is 342 g/mol. The Morgan fingerprint density at radius 3 is 2.40 bits per heavy atom. The lowest BCUT2D eigenvalue weighted by Gasteiger charge is -2.10. The van der Waals surface area contributed by atoms with Crippen molar-refractivity contribution in [3.63, 3.8) is 0 Å². The van der Waals surface area contributed by atoms with Gasteiger partial charge in [0.15, 0.2) is 11.5 Å². The molecule has 2 aromatic heterocycles. The molecule has 0 saturated heterocycles. The zero-order chi connectivity index (χ0) is 18.0. The Bertz CT molecular complexity index is 890. The third-order valence-corrected chi connectivity index (χ3v) is 3.84. The highest BCUT2D eigenvalue weighted by Gasteiger charge is 2.20. The lowest BCUT2D eigenvalue weighted by molar-refractivity contribution is 0.403. The molecular formula is C17H18N4O4. The highest BCUT2D eigenvalue weighted by Crippen LogP contribution is 2.32. The Balaban J connectivity index is 2.02. The molecule has 0 amide bonds. The first-order valence-electron chi connectivity index (χ1n) is 7.70. The van der Waals surface area contributed by atoms with Gasteiger partial charge in [0, 0.05) is 6.07 Å². The second kappa shape index (κ2) is 6.68. The van der Waals surface area contributed by atoms with E-state index in [1.807, 2.05) is 31.2 Å². The molecule has 25 heavy (non-hydrogen) atoms. The van der Waals surface area contributed by atoms with Crippen LogP contribution in [0.4, 0.5) is 0 Å². The summed E-state index contributed by atoms with van der Waals surface area (Å²) in [6.45, 7) is 2.12. The standard InChI is InChI=1S/C17H18N4O4/c1-3-12-13(22)8-14(23)15(18-12)16-19-20-17(24)21(16)9-10-4-6-11(25-2)7-5-10/h4-8,22-23H,3,9H2,1-2H3,(H,20,24). The van der Waals surface area contributed by atoms with E-state index in [-0.39, 0.29) is 35.6 Å². The molecule has 0 spiro atoms. The van der Waals surface area contributed by atoms with E-state index in [9.17, 15) is 15.3 Å². The summed E-state index contributed by atoms with van der Waals surface area (Å²) in [6.07, 6.45) is 0.484. The summed E-state index contributed by atoms with van der Waals surface area (Å²) in [5.74, 6) is 0.607. The maximum Gasteiger partial charge on any atom is 0.315 e. The second-order valence-electron chi connectivity index (χ2n) is 5.43. The third kappa shape index (κ3) is 3.18. The summed E-state index contributed by atoms with van der Waals surface area (Å²) in [6, 6.07) is 8.24. The van der Waals surface area contributed by atoms with Crippen molar-refractivity contribution >= 4 is 0 Å². The minimum Gasteiger partial charge on any atom is -0.506 e. The van der Waals surface area contributed by atoms with Gasteiger partial charge >= 0.3 is 6.01 Å². The number of hydrogen-bond donors (Lipinski definition) is 3. The number of rotatable bonds is 5. The van der Waals surface area contributed by atoms with Crippen LogP contribution in [0.3, 0.4) is 0 Å². The van der Waals surface area contributed by atoms with Gasteiger partial charge in [-0.3, -0.25) is 4.57 Å². The summed E-state index contributed by atoms with van der Waals surface area (Å²) in [7, 11) is 1.59. The van der Waals surface area contributed by atoms with Crippen molar-refractivity contribution in [3.8, 4) is 34.8 Å². The molecule has 0 atom stereocenters. The van der Waals surface area contributed by atoms with Crippen molar-refractivity contribution in [1.29, 1.82) is 0 Å². The van der Waals surface area contributed by atoms with E-state index in [1.165, 1.54) is 10.6 Å².